The van der Waals surface area contributed by atoms with Crippen molar-refractivity contribution in [3.8, 4) is 0 Å². The number of allylic oxidation sites excluding steroid dienone is 2. The molecule has 0 radical (unpaired) electrons. The van der Waals surface area contributed by atoms with Gasteiger partial charge in [0.1, 0.15) is 0 Å². The van der Waals surface area contributed by atoms with Gasteiger partial charge < -0.3 is 9.47 Å². The van der Waals surface area contributed by atoms with Gasteiger partial charge in [0, 0.05) is 12.8 Å². The molecule has 0 aromatic rings. The zero-order chi connectivity index (χ0) is 15.1. The average Bonchev–Trinajstić information content (AvgIpc) is 2.27. The third-order valence-electron chi connectivity index (χ3n) is 2.32. The highest BCUT2D eigenvalue weighted by molar-refractivity contribution is 9.12. The lowest BCUT2D eigenvalue weighted by Gasteiger charge is -2.28. The number of carbonyl (C=O) groups is 2. The van der Waals surface area contributed by atoms with Crippen molar-refractivity contribution >= 4 is 43.8 Å². The van der Waals surface area contributed by atoms with Gasteiger partial charge in [-0.25, -0.2) is 0 Å². The molecule has 6 heteroatoms. The van der Waals surface area contributed by atoms with Gasteiger partial charge in [0.2, 0.25) is 0 Å². The lowest BCUT2D eigenvalue weighted by molar-refractivity contribution is -0.171. The van der Waals surface area contributed by atoms with E-state index in [2.05, 4.69) is 45.0 Å². The Kier molecular flexibility index (Phi) is 8.25. The van der Waals surface area contributed by atoms with Crippen LogP contribution in [0.5, 0.6) is 0 Å². The van der Waals surface area contributed by atoms with E-state index in [1.165, 1.54) is 0 Å². The van der Waals surface area contributed by atoms with E-state index >= 15 is 0 Å². The Hall–Kier alpha value is -0.620. The zero-order valence-electron chi connectivity index (χ0n) is 11.1. The van der Waals surface area contributed by atoms with Gasteiger partial charge in [-0.15, -0.1) is 0 Å². The van der Waals surface area contributed by atoms with E-state index in [1.54, 1.807) is 13.8 Å². The van der Waals surface area contributed by atoms with Crippen molar-refractivity contribution in [3.05, 3.63) is 22.1 Å². The van der Waals surface area contributed by atoms with Crippen molar-refractivity contribution in [3.63, 3.8) is 0 Å². The van der Waals surface area contributed by atoms with Crippen molar-refractivity contribution in [2.75, 3.05) is 13.2 Å². The predicted octanol–water partition coefficient (Wildman–Crippen LogP) is 3.70. The summed E-state index contributed by atoms with van der Waals surface area (Å²) in [6, 6.07) is 0. The van der Waals surface area contributed by atoms with Crippen LogP contribution >= 0.6 is 31.9 Å². The normalized spacial score (nSPS) is 10.7. The smallest absolute Gasteiger partial charge is 0.324 e. The van der Waals surface area contributed by atoms with Crippen LogP contribution in [0.4, 0.5) is 0 Å². The van der Waals surface area contributed by atoms with Crippen molar-refractivity contribution in [2.45, 2.75) is 26.7 Å². The predicted molar refractivity (Wildman–Crippen MR) is 81.1 cm³/mol. The number of esters is 2. The summed E-state index contributed by atoms with van der Waals surface area (Å²) in [6.07, 6.45) is 0.185. The molecule has 0 saturated carbocycles. The summed E-state index contributed by atoms with van der Waals surface area (Å²) in [5.41, 5.74) is -1.45. The van der Waals surface area contributed by atoms with Crippen LogP contribution < -0.4 is 0 Å². The quantitative estimate of drug-likeness (QED) is 0.462. The molecule has 19 heavy (non-hydrogen) atoms. The lowest BCUT2D eigenvalue weighted by atomic mass is 9.81. The monoisotopic (exact) mass is 396 g/mol. The summed E-state index contributed by atoms with van der Waals surface area (Å²) in [5, 5.41) is 0. The Morgan fingerprint density at radius 1 is 0.947 bits per heavy atom. The van der Waals surface area contributed by atoms with Gasteiger partial charge in [0.15, 0.2) is 5.41 Å². The maximum absolute atomic E-state index is 12.2. The van der Waals surface area contributed by atoms with Crippen LogP contribution in [0, 0.1) is 5.41 Å². The first kappa shape index (κ1) is 18.4. The Morgan fingerprint density at radius 3 is 1.47 bits per heavy atom. The molecule has 0 fully saturated rings. The molecule has 108 valence electrons. The first-order valence-electron chi connectivity index (χ1n) is 5.81. The van der Waals surface area contributed by atoms with Gasteiger partial charge in [0.25, 0.3) is 0 Å². The van der Waals surface area contributed by atoms with Crippen LogP contribution in [-0.2, 0) is 19.1 Å². The zero-order valence-corrected chi connectivity index (χ0v) is 14.3. The Balaban J connectivity index is 5.54. The first-order chi connectivity index (χ1) is 8.80. The van der Waals surface area contributed by atoms with Crippen LogP contribution in [0.25, 0.3) is 0 Å². The van der Waals surface area contributed by atoms with Gasteiger partial charge in [-0.2, -0.15) is 0 Å². The standard InChI is InChI=1S/C13H18Br2O4/c1-5-18-11(16)13(7-9(3)14,8-10(4)15)12(17)19-6-2/h3-8H2,1-2H3. The Bertz CT molecular complexity index is 341. The van der Waals surface area contributed by atoms with Crippen molar-refractivity contribution in [1.82, 2.24) is 0 Å². The topological polar surface area (TPSA) is 52.6 Å². The summed E-state index contributed by atoms with van der Waals surface area (Å²) >= 11 is 6.37. The molecule has 0 atom stereocenters. The maximum Gasteiger partial charge on any atom is 0.324 e. The molecule has 0 aliphatic carbocycles. The second-order valence-electron chi connectivity index (χ2n) is 3.91. The summed E-state index contributed by atoms with van der Waals surface area (Å²) in [4.78, 5) is 24.4. The van der Waals surface area contributed by atoms with E-state index in [1.807, 2.05) is 0 Å². The Morgan fingerprint density at radius 2 is 1.26 bits per heavy atom. The fraction of sp³-hybridized carbons (Fsp3) is 0.538. The van der Waals surface area contributed by atoms with Gasteiger partial charge >= 0.3 is 11.9 Å². The minimum atomic E-state index is -1.45. The molecule has 0 aromatic carbocycles. The summed E-state index contributed by atoms with van der Waals surface area (Å²) in [7, 11) is 0. The third kappa shape index (κ3) is 5.48. The highest BCUT2D eigenvalue weighted by Crippen LogP contribution is 2.38. The highest BCUT2D eigenvalue weighted by Gasteiger charge is 2.49. The van der Waals surface area contributed by atoms with Gasteiger partial charge in [-0.1, -0.05) is 45.0 Å². The SMILES string of the molecule is C=C(Br)CC(CC(=C)Br)(C(=O)OCC)C(=O)OCC. The molecule has 0 heterocycles. The summed E-state index contributed by atoms with van der Waals surface area (Å²) < 4.78 is 11.1. The van der Waals surface area contributed by atoms with E-state index < -0.39 is 17.4 Å². The molecule has 0 amide bonds. The molecule has 0 saturated heterocycles. The summed E-state index contributed by atoms with van der Waals surface area (Å²) in [6.45, 7) is 11.1. The molecule has 0 rings (SSSR count). The molecule has 0 bridgehead atoms. The average molecular weight is 398 g/mol. The molecule has 0 aliphatic heterocycles. The van der Waals surface area contributed by atoms with Crippen LogP contribution in [0.3, 0.4) is 0 Å². The summed E-state index contributed by atoms with van der Waals surface area (Å²) in [5.74, 6) is -1.26. The minimum absolute atomic E-state index is 0.0925. The van der Waals surface area contributed by atoms with Crippen LogP contribution in [0.1, 0.15) is 26.7 Å². The molecular weight excluding hydrogens is 380 g/mol. The van der Waals surface area contributed by atoms with Crippen molar-refractivity contribution < 1.29 is 19.1 Å². The van der Waals surface area contributed by atoms with Crippen molar-refractivity contribution in [2.24, 2.45) is 5.41 Å². The fourth-order valence-electron chi connectivity index (χ4n) is 1.63. The van der Waals surface area contributed by atoms with E-state index in [0.29, 0.717) is 8.96 Å². The van der Waals surface area contributed by atoms with E-state index in [4.69, 9.17) is 9.47 Å². The van der Waals surface area contributed by atoms with E-state index in [9.17, 15) is 9.59 Å². The van der Waals surface area contributed by atoms with Crippen molar-refractivity contribution in [1.29, 1.82) is 0 Å². The molecular formula is C13H18Br2O4. The molecule has 0 N–H and O–H groups in total. The van der Waals surface area contributed by atoms with Crippen LogP contribution in [0.2, 0.25) is 0 Å². The van der Waals surface area contributed by atoms with Crippen LogP contribution in [-0.4, -0.2) is 25.2 Å². The van der Waals surface area contributed by atoms with E-state index in [-0.39, 0.29) is 26.1 Å². The highest BCUT2D eigenvalue weighted by atomic mass is 79.9. The number of rotatable bonds is 8. The molecule has 0 spiro atoms. The number of carbonyl (C=O) groups excluding carboxylic acids is 2. The second-order valence-corrected chi connectivity index (χ2v) is 6.15. The fourth-order valence-corrected chi connectivity index (χ4v) is 2.59. The second kappa shape index (κ2) is 8.53. The minimum Gasteiger partial charge on any atom is -0.465 e. The number of ether oxygens (including phenoxy) is 2. The number of hydrogen-bond donors (Lipinski definition) is 0. The lowest BCUT2D eigenvalue weighted by Crippen LogP contribution is -2.42. The maximum atomic E-state index is 12.2. The third-order valence-corrected chi connectivity index (χ3v) is 2.88. The van der Waals surface area contributed by atoms with Gasteiger partial charge in [0.05, 0.1) is 13.2 Å². The van der Waals surface area contributed by atoms with Gasteiger partial charge in [-0.3, -0.25) is 9.59 Å². The molecule has 0 aromatic heterocycles. The van der Waals surface area contributed by atoms with Crippen LogP contribution in [0.15, 0.2) is 22.1 Å². The molecule has 4 nitrogen and oxygen atoms in total. The largest absolute Gasteiger partial charge is 0.465 e. The first-order valence-corrected chi connectivity index (χ1v) is 7.39. The van der Waals surface area contributed by atoms with E-state index in [0.717, 1.165) is 0 Å². The molecule has 0 unspecified atom stereocenters. The van der Waals surface area contributed by atoms with Gasteiger partial charge in [-0.05, 0) is 22.8 Å². The Labute approximate surface area is 130 Å². The number of halogens is 2. The number of hydrogen-bond acceptors (Lipinski definition) is 4. The molecule has 0 aliphatic rings.